The Labute approximate surface area is 117 Å². The van der Waals surface area contributed by atoms with E-state index in [-0.39, 0.29) is 17.9 Å². The third-order valence-corrected chi connectivity index (χ3v) is 3.96. The Morgan fingerprint density at radius 3 is 3.10 bits per heavy atom. The number of rotatable bonds is 2. The summed E-state index contributed by atoms with van der Waals surface area (Å²) in [4.78, 5) is 18.6. The number of hydrogen-bond acceptors (Lipinski definition) is 3. The van der Waals surface area contributed by atoms with Gasteiger partial charge in [0.1, 0.15) is 5.65 Å². The molecule has 1 amide bonds. The molecule has 2 unspecified atom stereocenters. The minimum absolute atomic E-state index is 0.0900. The summed E-state index contributed by atoms with van der Waals surface area (Å²) in [5.74, 6) is 0.237. The normalized spacial score (nSPS) is 23.2. The van der Waals surface area contributed by atoms with Crippen LogP contribution in [0.15, 0.2) is 30.6 Å². The van der Waals surface area contributed by atoms with Crippen LogP contribution in [0.3, 0.4) is 0 Å². The molecular weight excluding hydrogens is 254 g/mol. The smallest absolute Gasteiger partial charge is 0.228 e. The van der Waals surface area contributed by atoms with Gasteiger partial charge in [-0.3, -0.25) is 4.79 Å². The predicted octanol–water partition coefficient (Wildman–Crippen LogP) is 1.11. The zero-order chi connectivity index (χ0) is 14.1. The summed E-state index contributed by atoms with van der Waals surface area (Å²) >= 11 is 0. The zero-order valence-corrected chi connectivity index (χ0v) is 11.6. The average molecular weight is 273 g/mol. The summed E-state index contributed by atoms with van der Waals surface area (Å²) in [6.07, 6.45) is 4.53. The van der Waals surface area contributed by atoms with Crippen LogP contribution >= 0.6 is 0 Å². The first-order valence-electron chi connectivity index (χ1n) is 7.02. The molecule has 3 heterocycles. The van der Waals surface area contributed by atoms with E-state index in [9.17, 15) is 9.90 Å². The molecule has 1 aliphatic heterocycles. The van der Waals surface area contributed by atoms with Crippen LogP contribution in [0.1, 0.15) is 19.0 Å². The second-order valence-electron chi connectivity index (χ2n) is 5.55. The first-order chi connectivity index (χ1) is 9.63. The maximum Gasteiger partial charge on any atom is 0.228 e. The van der Waals surface area contributed by atoms with Gasteiger partial charge >= 0.3 is 0 Å². The van der Waals surface area contributed by atoms with Gasteiger partial charge in [-0.1, -0.05) is 13.0 Å². The van der Waals surface area contributed by atoms with Gasteiger partial charge in [-0.05, 0) is 24.5 Å². The Hall–Kier alpha value is -1.88. The molecule has 1 fully saturated rings. The van der Waals surface area contributed by atoms with Crippen molar-refractivity contribution in [3.8, 4) is 0 Å². The van der Waals surface area contributed by atoms with Crippen LogP contribution in [-0.4, -0.2) is 44.5 Å². The van der Waals surface area contributed by atoms with Crippen LogP contribution in [0, 0.1) is 5.92 Å². The fourth-order valence-corrected chi connectivity index (χ4v) is 2.70. The van der Waals surface area contributed by atoms with Crippen LogP contribution in [-0.2, 0) is 11.2 Å². The molecular formula is C15H19N3O2. The maximum atomic E-state index is 12.3. The highest BCUT2D eigenvalue weighted by Crippen LogP contribution is 2.17. The van der Waals surface area contributed by atoms with Gasteiger partial charge in [0.05, 0.1) is 18.2 Å². The van der Waals surface area contributed by atoms with Crippen molar-refractivity contribution in [1.82, 2.24) is 14.3 Å². The highest BCUT2D eigenvalue weighted by atomic mass is 16.3. The molecule has 3 rings (SSSR count). The van der Waals surface area contributed by atoms with Gasteiger partial charge in [0, 0.05) is 25.5 Å². The van der Waals surface area contributed by atoms with E-state index >= 15 is 0 Å². The lowest BCUT2D eigenvalue weighted by atomic mass is 9.96. The van der Waals surface area contributed by atoms with E-state index in [2.05, 4.69) is 4.98 Å². The van der Waals surface area contributed by atoms with Crippen molar-refractivity contribution in [3.05, 3.63) is 36.3 Å². The minimum atomic E-state index is -0.283. The third kappa shape index (κ3) is 2.54. The van der Waals surface area contributed by atoms with Crippen molar-refractivity contribution in [2.75, 3.05) is 13.1 Å². The second-order valence-corrected chi connectivity index (χ2v) is 5.55. The van der Waals surface area contributed by atoms with E-state index in [1.165, 1.54) is 0 Å². The molecule has 2 aromatic rings. The summed E-state index contributed by atoms with van der Waals surface area (Å²) < 4.78 is 1.92. The highest BCUT2D eigenvalue weighted by Gasteiger charge is 2.27. The summed E-state index contributed by atoms with van der Waals surface area (Å²) in [6.45, 7) is 3.25. The number of aromatic nitrogens is 2. The fraction of sp³-hybridized carbons (Fsp3) is 0.467. The third-order valence-electron chi connectivity index (χ3n) is 3.96. The number of piperidine rings is 1. The Bertz CT molecular complexity index is 589. The van der Waals surface area contributed by atoms with Gasteiger partial charge in [0.2, 0.25) is 5.91 Å². The molecule has 106 valence electrons. The first-order valence-corrected chi connectivity index (χ1v) is 7.02. The number of hydrogen-bond donors (Lipinski definition) is 1. The maximum absolute atomic E-state index is 12.3. The number of fused-ring (bicyclic) bond motifs is 1. The van der Waals surface area contributed by atoms with Crippen LogP contribution < -0.4 is 0 Å². The number of amides is 1. The molecule has 5 heteroatoms. The van der Waals surface area contributed by atoms with Crippen LogP contribution in [0.4, 0.5) is 0 Å². The standard InChI is InChI=1S/C15H19N3O2/c1-11-9-18(7-5-13(11)19)15(20)8-12-10-17-6-3-2-4-14(17)16-12/h2-4,6,10-11,13,19H,5,7-9H2,1H3. The Morgan fingerprint density at radius 1 is 1.50 bits per heavy atom. The van der Waals surface area contributed by atoms with E-state index in [0.29, 0.717) is 25.9 Å². The SMILES string of the molecule is CC1CN(C(=O)Cc2cn3ccccc3n2)CCC1O. The lowest BCUT2D eigenvalue weighted by molar-refractivity contribution is -0.134. The van der Waals surface area contributed by atoms with Crippen LogP contribution in [0.25, 0.3) is 5.65 Å². The van der Waals surface area contributed by atoms with E-state index in [0.717, 1.165) is 11.3 Å². The van der Waals surface area contributed by atoms with Crippen molar-refractivity contribution in [2.45, 2.75) is 25.9 Å². The zero-order valence-electron chi connectivity index (χ0n) is 11.6. The molecule has 0 aliphatic carbocycles. The molecule has 0 radical (unpaired) electrons. The summed E-state index contributed by atoms with van der Waals surface area (Å²) in [7, 11) is 0. The van der Waals surface area contributed by atoms with E-state index in [1.807, 2.05) is 46.8 Å². The second kappa shape index (κ2) is 5.25. The summed E-state index contributed by atoms with van der Waals surface area (Å²) in [5.41, 5.74) is 1.65. The van der Waals surface area contributed by atoms with Crippen molar-refractivity contribution >= 4 is 11.6 Å². The molecule has 1 saturated heterocycles. The van der Waals surface area contributed by atoms with E-state index in [1.54, 1.807) is 0 Å². The Morgan fingerprint density at radius 2 is 2.35 bits per heavy atom. The van der Waals surface area contributed by atoms with Gasteiger partial charge in [0.15, 0.2) is 0 Å². The summed E-state index contributed by atoms with van der Waals surface area (Å²) in [6, 6.07) is 5.79. The van der Waals surface area contributed by atoms with Gasteiger partial charge < -0.3 is 14.4 Å². The summed E-state index contributed by atoms with van der Waals surface area (Å²) in [5, 5.41) is 9.71. The first kappa shape index (κ1) is 13.1. The largest absolute Gasteiger partial charge is 0.393 e. The van der Waals surface area contributed by atoms with Crippen molar-refractivity contribution in [3.63, 3.8) is 0 Å². The number of imidazole rings is 1. The number of carbonyl (C=O) groups excluding carboxylic acids is 1. The molecule has 1 aliphatic rings. The molecule has 0 aromatic carbocycles. The Kier molecular flexibility index (Phi) is 3.44. The molecule has 0 saturated carbocycles. The molecule has 0 bridgehead atoms. The van der Waals surface area contributed by atoms with E-state index < -0.39 is 0 Å². The predicted molar refractivity (Wildman–Crippen MR) is 75.3 cm³/mol. The van der Waals surface area contributed by atoms with Crippen molar-refractivity contribution in [1.29, 1.82) is 0 Å². The Balaban J connectivity index is 1.69. The number of aliphatic hydroxyl groups excluding tert-OH is 1. The molecule has 1 N–H and O–H groups in total. The van der Waals surface area contributed by atoms with Crippen LogP contribution in [0.5, 0.6) is 0 Å². The lowest BCUT2D eigenvalue weighted by Crippen LogP contribution is -2.45. The van der Waals surface area contributed by atoms with Crippen LogP contribution in [0.2, 0.25) is 0 Å². The number of pyridine rings is 1. The molecule has 20 heavy (non-hydrogen) atoms. The number of likely N-dealkylation sites (tertiary alicyclic amines) is 1. The fourth-order valence-electron chi connectivity index (χ4n) is 2.70. The average Bonchev–Trinajstić information content (AvgIpc) is 2.83. The van der Waals surface area contributed by atoms with Gasteiger partial charge in [-0.25, -0.2) is 4.98 Å². The molecule has 0 spiro atoms. The molecule has 2 aromatic heterocycles. The lowest BCUT2D eigenvalue weighted by Gasteiger charge is -2.34. The highest BCUT2D eigenvalue weighted by molar-refractivity contribution is 5.78. The number of aliphatic hydroxyl groups is 1. The van der Waals surface area contributed by atoms with Crippen molar-refractivity contribution in [2.24, 2.45) is 5.92 Å². The quantitative estimate of drug-likeness (QED) is 0.891. The topological polar surface area (TPSA) is 57.8 Å². The number of nitrogens with zero attached hydrogens (tertiary/aromatic N) is 3. The molecule has 2 atom stereocenters. The van der Waals surface area contributed by atoms with Gasteiger partial charge in [-0.15, -0.1) is 0 Å². The number of carbonyl (C=O) groups is 1. The molecule has 5 nitrogen and oxygen atoms in total. The van der Waals surface area contributed by atoms with E-state index in [4.69, 9.17) is 0 Å². The van der Waals surface area contributed by atoms with Crippen molar-refractivity contribution < 1.29 is 9.90 Å². The minimum Gasteiger partial charge on any atom is -0.393 e. The monoisotopic (exact) mass is 273 g/mol. The van der Waals surface area contributed by atoms with Gasteiger partial charge in [0.25, 0.3) is 0 Å². The van der Waals surface area contributed by atoms with Gasteiger partial charge in [-0.2, -0.15) is 0 Å².